The fourth-order valence-corrected chi connectivity index (χ4v) is 1.53. The number of carbonyl (C=O) groups excluding carboxylic acids is 1. The minimum atomic E-state index is -0.557. The van der Waals surface area contributed by atoms with Crippen LogP contribution in [0.5, 0.6) is 0 Å². The van der Waals surface area contributed by atoms with Crippen molar-refractivity contribution in [3.63, 3.8) is 0 Å². The Bertz CT molecular complexity index is 132. The first kappa shape index (κ1) is 11.8. The smallest absolute Gasteiger partial charge is 0.226 e. The van der Waals surface area contributed by atoms with Crippen molar-refractivity contribution in [2.45, 2.75) is 13.8 Å². The first-order chi connectivity index (χ1) is 5.76. The fraction of sp³-hybridized carbons (Fsp3) is 0.875. The lowest BCUT2D eigenvalue weighted by Gasteiger charge is -2.11. The van der Waals surface area contributed by atoms with Crippen LogP contribution in [0.3, 0.4) is 0 Å². The molecule has 0 rings (SSSR count). The number of alkyl halides is 1. The van der Waals surface area contributed by atoms with Crippen molar-refractivity contribution >= 4 is 17.7 Å². The average molecular weight is 193 g/mol. The van der Waals surface area contributed by atoms with E-state index in [1.807, 2.05) is 13.8 Å². The van der Waals surface area contributed by atoms with Gasteiger partial charge in [-0.25, -0.2) is 0 Å². The number of hydrogen-bond donors (Lipinski definition) is 1. The van der Waals surface area contributed by atoms with Crippen molar-refractivity contribution in [2.24, 2.45) is 5.92 Å². The zero-order chi connectivity index (χ0) is 9.40. The van der Waals surface area contributed by atoms with Crippen LogP contribution in [0.2, 0.25) is 0 Å². The maximum Gasteiger partial charge on any atom is 0.226 e. The van der Waals surface area contributed by atoms with Crippen LogP contribution in [0.15, 0.2) is 0 Å². The summed E-state index contributed by atoms with van der Waals surface area (Å²) in [5.74, 6) is 0.880. The van der Waals surface area contributed by atoms with Gasteiger partial charge in [-0.15, -0.1) is 0 Å². The molecular weight excluding hydrogens is 177 g/mol. The minimum absolute atomic E-state index is 0.166. The van der Waals surface area contributed by atoms with Crippen LogP contribution < -0.4 is 5.32 Å². The highest BCUT2D eigenvalue weighted by Gasteiger charge is 2.16. The van der Waals surface area contributed by atoms with E-state index in [-0.39, 0.29) is 5.91 Å². The lowest BCUT2D eigenvalue weighted by Crippen LogP contribution is -2.33. The van der Waals surface area contributed by atoms with Crippen LogP contribution in [0.25, 0.3) is 0 Å². The van der Waals surface area contributed by atoms with Crippen molar-refractivity contribution in [1.29, 1.82) is 0 Å². The molecule has 0 aromatic rings. The molecule has 0 spiro atoms. The van der Waals surface area contributed by atoms with E-state index in [9.17, 15) is 9.18 Å². The van der Waals surface area contributed by atoms with Crippen molar-refractivity contribution in [3.05, 3.63) is 0 Å². The predicted octanol–water partition coefficient (Wildman–Crippen LogP) is 1.46. The zero-order valence-corrected chi connectivity index (χ0v) is 8.42. The van der Waals surface area contributed by atoms with Gasteiger partial charge in [0.1, 0.15) is 6.67 Å². The molecule has 1 N–H and O–H groups in total. The topological polar surface area (TPSA) is 29.1 Å². The Kier molecular flexibility index (Phi) is 7.25. The van der Waals surface area contributed by atoms with E-state index in [0.717, 1.165) is 5.75 Å². The third kappa shape index (κ3) is 4.59. The monoisotopic (exact) mass is 193 g/mol. The van der Waals surface area contributed by atoms with Gasteiger partial charge in [0.05, 0.1) is 5.92 Å². The molecule has 0 bridgehead atoms. The van der Waals surface area contributed by atoms with Gasteiger partial charge in [0.2, 0.25) is 5.91 Å². The maximum atomic E-state index is 12.3. The van der Waals surface area contributed by atoms with E-state index in [4.69, 9.17) is 0 Å². The molecular formula is C8H16FNOS. The molecule has 1 amide bonds. The second-order valence-corrected chi connectivity index (χ2v) is 3.72. The summed E-state index contributed by atoms with van der Waals surface area (Å²) in [6.07, 6.45) is 0. The highest BCUT2D eigenvalue weighted by molar-refractivity contribution is 7.99. The Morgan fingerprint density at radius 2 is 2.25 bits per heavy atom. The van der Waals surface area contributed by atoms with E-state index < -0.39 is 12.6 Å². The number of hydrogen-bond acceptors (Lipinski definition) is 2. The lowest BCUT2D eigenvalue weighted by molar-refractivity contribution is -0.124. The Labute approximate surface area is 77.3 Å². The second-order valence-electron chi connectivity index (χ2n) is 2.41. The van der Waals surface area contributed by atoms with Crippen LogP contribution in [0.4, 0.5) is 4.39 Å². The number of nitrogens with one attached hydrogen (secondary N) is 1. The largest absolute Gasteiger partial charge is 0.356 e. The second kappa shape index (κ2) is 7.40. The van der Waals surface area contributed by atoms with Crippen LogP contribution in [0.1, 0.15) is 13.8 Å². The van der Waals surface area contributed by atoms with Gasteiger partial charge < -0.3 is 5.32 Å². The molecule has 0 heterocycles. The first-order valence-corrected chi connectivity index (χ1v) is 5.33. The van der Waals surface area contributed by atoms with E-state index >= 15 is 0 Å². The SMILES string of the molecule is CCNC(=O)C(CF)CSCC. The van der Waals surface area contributed by atoms with Gasteiger partial charge in [-0.3, -0.25) is 9.18 Å². The van der Waals surface area contributed by atoms with E-state index in [2.05, 4.69) is 5.32 Å². The summed E-state index contributed by atoms with van der Waals surface area (Å²) in [6, 6.07) is 0. The number of rotatable bonds is 6. The Hall–Kier alpha value is -0.250. The van der Waals surface area contributed by atoms with E-state index in [0.29, 0.717) is 12.3 Å². The van der Waals surface area contributed by atoms with Crippen LogP contribution in [-0.4, -0.2) is 30.6 Å². The van der Waals surface area contributed by atoms with Crippen molar-refractivity contribution in [3.8, 4) is 0 Å². The molecule has 0 aromatic carbocycles. The highest BCUT2D eigenvalue weighted by atomic mass is 32.2. The van der Waals surface area contributed by atoms with Gasteiger partial charge >= 0.3 is 0 Å². The molecule has 0 aromatic heterocycles. The molecule has 0 saturated heterocycles. The molecule has 12 heavy (non-hydrogen) atoms. The van der Waals surface area contributed by atoms with Gasteiger partial charge in [0, 0.05) is 12.3 Å². The molecule has 0 aliphatic rings. The Balaban J connectivity index is 3.71. The summed E-state index contributed by atoms with van der Waals surface area (Å²) in [5.41, 5.74) is 0. The quantitative estimate of drug-likeness (QED) is 0.692. The van der Waals surface area contributed by atoms with E-state index in [1.165, 1.54) is 0 Å². The molecule has 72 valence electrons. The Morgan fingerprint density at radius 1 is 1.58 bits per heavy atom. The van der Waals surface area contributed by atoms with Crippen molar-refractivity contribution in [1.82, 2.24) is 5.32 Å². The maximum absolute atomic E-state index is 12.3. The summed E-state index contributed by atoms with van der Waals surface area (Å²) in [6.45, 7) is 3.85. The van der Waals surface area contributed by atoms with Gasteiger partial charge in [-0.05, 0) is 12.7 Å². The Morgan fingerprint density at radius 3 is 2.67 bits per heavy atom. The first-order valence-electron chi connectivity index (χ1n) is 4.17. The number of halogens is 1. The number of carbonyl (C=O) groups is 1. The average Bonchev–Trinajstić information content (AvgIpc) is 2.06. The highest BCUT2D eigenvalue weighted by Crippen LogP contribution is 2.08. The van der Waals surface area contributed by atoms with Crippen LogP contribution in [-0.2, 0) is 4.79 Å². The lowest BCUT2D eigenvalue weighted by atomic mass is 10.2. The predicted molar refractivity (Wildman–Crippen MR) is 51.1 cm³/mol. The standard InChI is InChI=1S/C8H16FNOS/c1-3-10-8(11)7(5-9)6-12-4-2/h7H,3-6H2,1-2H3,(H,10,11). The third-order valence-electron chi connectivity index (χ3n) is 1.43. The normalized spacial score (nSPS) is 12.6. The fourth-order valence-electron chi connectivity index (χ4n) is 0.769. The minimum Gasteiger partial charge on any atom is -0.356 e. The number of amides is 1. The molecule has 4 heteroatoms. The molecule has 0 aliphatic carbocycles. The summed E-state index contributed by atoms with van der Waals surface area (Å²) in [5, 5.41) is 2.61. The number of thioether (sulfide) groups is 1. The molecule has 0 radical (unpaired) electrons. The van der Waals surface area contributed by atoms with Gasteiger partial charge in [-0.2, -0.15) is 11.8 Å². The molecule has 0 aliphatic heterocycles. The molecule has 0 fully saturated rings. The zero-order valence-electron chi connectivity index (χ0n) is 7.60. The van der Waals surface area contributed by atoms with Gasteiger partial charge in [0.25, 0.3) is 0 Å². The molecule has 1 atom stereocenters. The van der Waals surface area contributed by atoms with Crippen molar-refractivity contribution in [2.75, 3.05) is 24.7 Å². The van der Waals surface area contributed by atoms with Crippen LogP contribution in [0, 0.1) is 5.92 Å². The molecule has 2 nitrogen and oxygen atoms in total. The van der Waals surface area contributed by atoms with Crippen molar-refractivity contribution < 1.29 is 9.18 Å². The van der Waals surface area contributed by atoms with E-state index in [1.54, 1.807) is 11.8 Å². The molecule has 0 saturated carbocycles. The molecule has 1 unspecified atom stereocenters. The summed E-state index contributed by atoms with van der Waals surface area (Å²) in [7, 11) is 0. The summed E-state index contributed by atoms with van der Waals surface area (Å²) >= 11 is 1.59. The summed E-state index contributed by atoms with van der Waals surface area (Å²) < 4.78 is 12.3. The van der Waals surface area contributed by atoms with Gasteiger partial charge in [0.15, 0.2) is 0 Å². The van der Waals surface area contributed by atoms with Crippen LogP contribution >= 0.6 is 11.8 Å². The third-order valence-corrected chi connectivity index (χ3v) is 2.48. The summed E-state index contributed by atoms with van der Waals surface area (Å²) in [4.78, 5) is 11.1. The van der Waals surface area contributed by atoms with Gasteiger partial charge in [-0.1, -0.05) is 6.92 Å².